The summed E-state index contributed by atoms with van der Waals surface area (Å²) in [5.41, 5.74) is 1.47. The van der Waals surface area contributed by atoms with E-state index >= 15 is 0 Å². The van der Waals surface area contributed by atoms with Crippen LogP contribution in [0.2, 0.25) is 5.02 Å². The first kappa shape index (κ1) is 10.6. The quantitative estimate of drug-likeness (QED) is 0.867. The first-order chi connectivity index (χ1) is 7.68. The minimum Gasteiger partial charge on any atom is -0.475 e. The Balaban J connectivity index is 2.43. The third kappa shape index (κ3) is 2.01. The Kier molecular flexibility index (Phi) is 2.83. The summed E-state index contributed by atoms with van der Waals surface area (Å²) in [6.07, 6.45) is 2.88. The van der Waals surface area contributed by atoms with Crippen LogP contribution in [0.15, 0.2) is 36.7 Å². The first-order valence-corrected chi connectivity index (χ1v) is 4.86. The molecule has 1 N–H and O–H groups in total. The molecule has 0 radical (unpaired) electrons. The summed E-state index contributed by atoms with van der Waals surface area (Å²) in [6, 6.07) is 7.23. The molecule has 1 aromatic heterocycles. The number of hydrogen-bond donors (Lipinski definition) is 1. The number of aromatic carboxylic acids is 1. The SMILES string of the molecule is O=C(O)c1ncc(-c2ccccc2Cl)cn1. The molecule has 0 aliphatic carbocycles. The van der Waals surface area contributed by atoms with E-state index in [9.17, 15) is 4.79 Å². The van der Waals surface area contributed by atoms with Crippen LogP contribution in [0.4, 0.5) is 0 Å². The van der Waals surface area contributed by atoms with Crippen LogP contribution in [0, 0.1) is 0 Å². The molecule has 4 nitrogen and oxygen atoms in total. The van der Waals surface area contributed by atoms with Gasteiger partial charge in [-0.1, -0.05) is 29.8 Å². The van der Waals surface area contributed by atoms with E-state index in [4.69, 9.17) is 16.7 Å². The third-order valence-corrected chi connectivity index (χ3v) is 2.36. The van der Waals surface area contributed by atoms with Crippen molar-refractivity contribution >= 4 is 17.6 Å². The van der Waals surface area contributed by atoms with E-state index in [2.05, 4.69) is 9.97 Å². The number of nitrogens with zero attached hydrogens (tertiary/aromatic N) is 2. The van der Waals surface area contributed by atoms with Gasteiger partial charge in [-0.25, -0.2) is 14.8 Å². The number of rotatable bonds is 2. The van der Waals surface area contributed by atoms with E-state index in [1.165, 1.54) is 12.4 Å². The number of carboxylic acids is 1. The van der Waals surface area contributed by atoms with Gasteiger partial charge in [-0.2, -0.15) is 0 Å². The average molecular weight is 235 g/mol. The molecule has 0 saturated carbocycles. The van der Waals surface area contributed by atoms with E-state index in [0.29, 0.717) is 10.6 Å². The van der Waals surface area contributed by atoms with Gasteiger partial charge in [-0.15, -0.1) is 0 Å². The van der Waals surface area contributed by atoms with E-state index in [0.717, 1.165) is 5.56 Å². The van der Waals surface area contributed by atoms with Crippen molar-refractivity contribution in [3.8, 4) is 11.1 Å². The molecule has 16 heavy (non-hydrogen) atoms. The summed E-state index contributed by atoms with van der Waals surface area (Å²) in [7, 11) is 0. The maximum Gasteiger partial charge on any atom is 0.373 e. The molecule has 0 atom stereocenters. The van der Waals surface area contributed by atoms with Crippen molar-refractivity contribution < 1.29 is 9.90 Å². The highest BCUT2D eigenvalue weighted by Crippen LogP contribution is 2.25. The lowest BCUT2D eigenvalue weighted by Crippen LogP contribution is -2.03. The van der Waals surface area contributed by atoms with Crippen LogP contribution in [-0.4, -0.2) is 21.0 Å². The van der Waals surface area contributed by atoms with Gasteiger partial charge in [0.25, 0.3) is 0 Å². The number of aromatic nitrogens is 2. The summed E-state index contributed by atoms with van der Waals surface area (Å²) in [4.78, 5) is 18.0. The zero-order chi connectivity index (χ0) is 11.5. The minimum atomic E-state index is -1.15. The molecule has 0 amide bonds. The van der Waals surface area contributed by atoms with E-state index < -0.39 is 5.97 Å². The minimum absolute atomic E-state index is 0.226. The molecule has 2 aromatic rings. The van der Waals surface area contributed by atoms with Crippen LogP contribution in [-0.2, 0) is 0 Å². The van der Waals surface area contributed by atoms with Crippen LogP contribution >= 0.6 is 11.6 Å². The Bertz CT molecular complexity index is 526. The molecule has 0 saturated heterocycles. The highest BCUT2D eigenvalue weighted by Gasteiger charge is 2.07. The number of benzene rings is 1. The normalized spacial score (nSPS) is 10.1. The molecule has 0 aliphatic rings. The molecule has 0 unspecified atom stereocenters. The Morgan fingerprint density at radius 2 is 1.81 bits per heavy atom. The van der Waals surface area contributed by atoms with Crippen molar-refractivity contribution in [3.63, 3.8) is 0 Å². The lowest BCUT2D eigenvalue weighted by atomic mass is 10.1. The second-order valence-corrected chi connectivity index (χ2v) is 3.49. The number of hydrogen-bond acceptors (Lipinski definition) is 3. The predicted molar refractivity (Wildman–Crippen MR) is 59.4 cm³/mol. The molecule has 2 rings (SSSR count). The molecule has 1 heterocycles. The molecular formula is C11H7ClN2O2. The van der Waals surface area contributed by atoms with Crippen molar-refractivity contribution in [1.29, 1.82) is 0 Å². The van der Waals surface area contributed by atoms with Gasteiger partial charge in [0.1, 0.15) is 0 Å². The topological polar surface area (TPSA) is 63.1 Å². The van der Waals surface area contributed by atoms with Crippen molar-refractivity contribution in [2.24, 2.45) is 0 Å². The highest BCUT2D eigenvalue weighted by atomic mass is 35.5. The smallest absolute Gasteiger partial charge is 0.373 e. The Morgan fingerprint density at radius 1 is 1.19 bits per heavy atom. The molecule has 0 aliphatic heterocycles. The fourth-order valence-electron chi connectivity index (χ4n) is 1.27. The monoisotopic (exact) mass is 234 g/mol. The van der Waals surface area contributed by atoms with Crippen LogP contribution in [0.25, 0.3) is 11.1 Å². The molecule has 1 aromatic carbocycles. The van der Waals surface area contributed by atoms with E-state index in [-0.39, 0.29) is 5.82 Å². The van der Waals surface area contributed by atoms with Gasteiger partial charge in [0.15, 0.2) is 0 Å². The van der Waals surface area contributed by atoms with Crippen LogP contribution in [0.5, 0.6) is 0 Å². The lowest BCUT2D eigenvalue weighted by Gasteiger charge is -2.02. The molecule has 5 heteroatoms. The maximum atomic E-state index is 10.6. The Hall–Kier alpha value is -1.94. The van der Waals surface area contributed by atoms with Crippen molar-refractivity contribution in [2.45, 2.75) is 0 Å². The maximum absolute atomic E-state index is 10.6. The first-order valence-electron chi connectivity index (χ1n) is 4.49. The summed E-state index contributed by atoms with van der Waals surface area (Å²) in [5.74, 6) is -1.37. The van der Waals surface area contributed by atoms with E-state index in [1.54, 1.807) is 6.07 Å². The Morgan fingerprint density at radius 3 is 2.38 bits per heavy atom. The van der Waals surface area contributed by atoms with Gasteiger partial charge in [0.05, 0.1) is 0 Å². The third-order valence-electron chi connectivity index (χ3n) is 2.03. The molecular weight excluding hydrogens is 228 g/mol. The number of carboxylic acid groups (broad SMARTS) is 1. The molecule has 0 fully saturated rings. The van der Waals surface area contributed by atoms with Gasteiger partial charge in [-0.05, 0) is 6.07 Å². The van der Waals surface area contributed by atoms with Gasteiger partial charge in [0, 0.05) is 28.5 Å². The summed E-state index contributed by atoms with van der Waals surface area (Å²) in [5, 5.41) is 9.23. The van der Waals surface area contributed by atoms with E-state index in [1.807, 2.05) is 18.2 Å². The summed E-state index contributed by atoms with van der Waals surface area (Å²) < 4.78 is 0. The summed E-state index contributed by atoms with van der Waals surface area (Å²) in [6.45, 7) is 0. The standard InChI is InChI=1S/C11H7ClN2O2/c12-9-4-2-1-3-8(9)7-5-13-10(11(15)16)14-6-7/h1-6H,(H,15,16). The zero-order valence-corrected chi connectivity index (χ0v) is 8.85. The van der Waals surface area contributed by atoms with Gasteiger partial charge < -0.3 is 5.11 Å². The van der Waals surface area contributed by atoms with Gasteiger partial charge in [0.2, 0.25) is 5.82 Å². The molecule has 80 valence electrons. The molecule has 0 bridgehead atoms. The van der Waals surface area contributed by atoms with Crippen LogP contribution in [0.3, 0.4) is 0 Å². The second-order valence-electron chi connectivity index (χ2n) is 3.08. The number of halogens is 1. The number of carbonyl (C=O) groups is 1. The van der Waals surface area contributed by atoms with Gasteiger partial charge in [-0.3, -0.25) is 0 Å². The zero-order valence-electron chi connectivity index (χ0n) is 8.09. The molecule has 0 spiro atoms. The Labute approximate surface area is 96.6 Å². The van der Waals surface area contributed by atoms with Crippen molar-refractivity contribution in [1.82, 2.24) is 9.97 Å². The van der Waals surface area contributed by atoms with Crippen molar-refractivity contribution in [2.75, 3.05) is 0 Å². The highest BCUT2D eigenvalue weighted by molar-refractivity contribution is 6.33. The predicted octanol–water partition coefficient (Wildman–Crippen LogP) is 2.50. The van der Waals surface area contributed by atoms with Gasteiger partial charge >= 0.3 is 5.97 Å². The fourth-order valence-corrected chi connectivity index (χ4v) is 1.52. The summed E-state index contributed by atoms with van der Waals surface area (Å²) >= 11 is 5.99. The van der Waals surface area contributed by atoms with Crippen LogP contribution in [0.1, 0.15) is 10.6 Å². The van der Waals surface area contributed by atoms with Crippen LogP contribution < -0.4 is 0 Å². The second kappa shape index (κ2) is 4.28. The van der Waals surface area contributed by atoms with Crippen molar-refractivity contribution in [3.05, 3.63) is 47.5 Å². The average Bonchev–Trinajstić information content (AvgIpc) is 2.30. The fraction of sp³-hybridized carbons (Fsp3) is 0. The largest absolute Gasteiger partial charge is 0.475 e. The lowest BCUT2D eigenvalue weighted by molar-refractivity contribution is 0.0683.